The zero-order chi connectivity index (χ0) is 9.26. The molecular weight excluding hydrogens is 230 g/mol. The zero-order valence-corrected chi connectivity index (χ0v) is 9.17. The van der Waals surface area contributed by atoms with Gasteiger partial charge >= 0.3 is 0 Å². The molecule has 13 heavy (non-hydrogen) atoms. The zero-order valence-electron chi connectivity index (χ0n) is 7.59. The molecular formula is C10H12BrNO. The number of hydrogen-bond donors (Lipinski definition) is 0. The van der Waals surface area contributed by atoms with Gasteiger partial charge in [0, 0.05) is 23.8 Å². The maximum absolute atomic E-state index is 5.13. The Kier molecular flexibility index (Phi) is 2.56. The van der Waals surface area contributed by atoms with Gasteiger partial charge in [0.2, 0.25) is 0 Å². The van der Waals surface area contributed by atoms with Gasteiger partial charge < -0.3 is 9.64 Å². The maximum atomic E-state index is 5.13. The molecule has 1 aromatic carbocycles. The molecule has 0 aromatic heterocycles. The minimum absolute atomic E-state index is 0.689. The highest BCUT2D eigenvalue weighted by Crippen LogP contribution is 2.29. The van der Waals surface area contributed by atoms with Crippen LogP contribution < -0.4 is 4.90 Å². The number of ether oxygens (including phenoxy) is 1. The second kappa shape index (κ2) is 3.68. The Labute approximate surface area is 86.6 Å². The predicted octanol–water partition coefficient (Wildman–Crippen LogP) is 2.42. The molecule has 0 bridgehead atoms. The second-order valence-corrected chi connectivity index (χ2v) is 4.12. The van der Waals surface area contributed by atoms with Gasteiger partial charge in [0.1, 0.15) is 6.73 Å². The third-order valence-corrected chi connectivity index (χ3v) is 2.81. The summed E-state index contributed by atoms with van der Waals surface area (Å²) in [7, 11) is 1.73. The molecule has 3 heteroatoms. The fraction of sp³-hybridized carbons (Fsp3) is 0.400. The molecule has 0 unspecified atom stereocenters. The third-order valence-electron chi connectivity index (χ3n) is 2.32. The lowest BCUT2D eigenvalue weighted by molar-refractivity contribution is 0.199. The van der Waals surface area contributed by atoms with Crippen LogP contribution in [0, 0.1) is 0 Å². The van der Waals surface area contributed by atoms with Gasteiger partial charge in [0.15, 0.2) is 0 Å². The molecule has 2 rings (SSSR count). The predicted molar refractivity (Wildman–Crippen MR) is 57.1 cm³/mol. The smallest absolute Gasteiger partial charge is 0.118 e. The lowest BCUT2D eigenvalue weighted by atomic mass is 10.2. The van der Waals surface area contributed by atoms with E-state index in [4.69, 9.17) is 4.74 Å². The molecule has 2 nitrogen and oxygen atoms in total. The molecule has 70 valence electrons. The fourth-order valence-corrected chi connectivity index (χ4v) is 2.14. The topological polar surface area (TPSA) is 12.5 Å². The largest absolute Gasteiger partial charge is 0.364 e. The van der Waals surface area contributed by atoms with E-state index in [-0.39, 0.29) is 0 Å². The van der Waals surface area contributed by atoms with Crippen molar-refractivity contribution >= 4 is 21.6 Å². The Morgan fingerprint density at radius 3 is 3.15 bits per heavy atom. The summed E-state index contributed by atoms with van der Waals surface area (Å²) in [5.41, 5.74) is 2.72. The van der Waals surface area contributed by atoms with Crippen molar-refractivity contribution < 1.29 is 4.74 Å². The Morgan fingerprint density at radius 1 is 1.54 bits per heavy atom. The van der Waals surface area contributed by atoms with Crippen LogP contribution in [0.3, 0.4) is 0 Å². The minimum atomic E-state index is 0.689. The van der Waals surface area contributed by atoms with Gasteiger partial charge in [-0.25, -0.2) is 0 Å². The van der Waals surface area contributed by atoms with Crippen molar-refractivity contribution in [1.82, 2.24) is 0 Å². The molecule has 1 aliphatic rings. The normalized spacial score (nSPS) is 14.8. The van der Waals surface area contributed by atoms with Gasteiger partial charge in [-0.2, -0.15) is 0 Å². The van der Waals surface area contributed by atoms with E-state index in [0.717, 1.165) is 17.4 Å². The first-order valence-corrected chi connectivity index (χ1v) is 5.13. The van der Waals surface area contributed by atoms with Crippen LogP contribution >= 0.6 is 15.9 Å². The third kappa shape index (κ3) is 1.71. The SMILES string of the molecule is COCN1CCc2cc(Br)ccc21. The molecule has 0 N–H and O–H groups in total. The van der Waals surface area contributed by atoms with E-state index in [0.29, 0.717) is 6.73 Å². The molecule has 0 atom stereocenters. The highest BCUT2D eigenvalue weighted by Gasteiger charge is 2.18. The van der Waals surface area contributed by atoms with E-state index >= 15 is 0 Å². The maximum Gasteiger partial charge on any atom is 0.118 e. The molecule has 0 saturated heterocycles. The molecule has 0 aliphatic carbocycles. The van der Waals surface area contributed by atoms with Crippen LogP contribution in [0.25, 0.3) is 0 Å². The molecule has 0 saturated carbocycles. The van der Waals surface area contributed by atoms with Crippen LogP contribution in [0.4, 0.5) is 5.69 Å². The second-order valence-electron chi connectivity index (χ2n) is 3.20. The number of benzene rings is 1. The summed E-state index contributed by atoms with van der Waals surface area (Å²) < 4.78 is 6.28. The number of fused-ring (bicyclic) bond motifs is 1. The van der Waals surface area contributed by atoms with E-state index in [9.17, 15) is 0 Å². The van der Waals surface area contributed by atoms with Gasteiger partial charge in [-0.3, -0.25) is 0 Å². The molecule has 0 spiro atoms. The standard InChI is InChI=1S/C10H12BrNO/c1-13-7-12-5-4-8-6-9(11)2-3-10(8)12/h2-3,6H,4-5,7H2,1H3. The Balaban J connectivity index is 2.27. The van der Waals surface area contributed by atoms with Crippen molar-refractivity contribution in [2.24, 2.45) is 0 Å². The van der Waals surface area contributed by atoms with E-state index in [1.54, 1.807) is 7.11 Å². The summed E-state index contributed by atoms with van der Waals surface area (Å²) in [5.74, 6) is 0. The summed E-state index contributed by atoms with van der Waals surface area (Å²) in [5, 5.41) is 0. The molecule has 1 aromatic rings. The van der Waals surface area contributed by atoms with Crippen molar-refractivity contribution in [2.45, 2.75) is 6.42 Å². The average molecular weight is 242 g/mol. The van der Waals surface area contributed by atoms with Crippen molar-refractivity contribution in [3.8, 4) is 0 Å². The van der Waals surface area contributed by atoms with Gasteiger partial charge in [0.25, 0.3) is 0 Å². The average Bonchev–Trinajstić information content (AvgIpc) is 2.49. The van der Waals surface area contributed by atoms with Crippen molar-refractivity contribution in [3.05, 3.63) is 28.2 Å². The molecule has 0 fully saturated rings. The fourth-order valence-electron chi connectivity index (χ4n) is 1.73. The van der Waals surface area contributed by atoms with Gasteiger partial charge in [0.05, 0.1) is 0 Å². The highest BCUT2D eigenvalue weighted by atomic mass is 79.9. The minimum Gasteiger partial charge on any atom is -0.364 e. The number of hydrogen-bond acceptors (Lipinski definition) is 2. The summed E-state index contributed by atoms with van der Waals surface area (Å²) >= 11 is 3.47. The molecule has 0 amide bonds. The van der Waals surface area contributed by atoms with Crippen LogP contribution in [0.2, 0.25) is 0 Å². The molecule has 1 heterocycles. The first-order chi connectivity index (χ1) is 6.31. The first-order valence-electron chi connectivity index (χ1n) is 4.33. The van der Waals surface area contributed by atoms with E-state index in [2.05, 4.69) is 39.0 Å². The van der Waals surface area contributed by atoms with Gasteiger partial charge in [-0.15, -0.1) is 0 Å². The number of halogens is 1. The van der Waals surface area contributed by atoms with Crippen LogP contribution in [-0.2, 0) is 11.2 Å². The number of methoxy groups -OCH3 is 1. The monoisotopic (exact) mass is 241 g/mol. The number of nitrogens with zero attached hydrogens (tertiary/aromatic N) is 1. The van der Waals surface area contributed by atoms with E-state index < -0.39 is 0 Å². The van der Waals surface area contributed by atoms with E-state index in [1.807, 2.05) is 0 Å². The summed E-state index contributed by atoms with van der Waals surface area (Å²) in [4.78, 5) is 2.25. The Bertz CT molecular complexity index is 314. The highest BCUT2D eigenvalue weighted by molar-refractivity contribution is 9.10. The lowest BCUT2D eigenvalue weighted by Gasteiger charge is -2.17. The first kappa shape index (κ1) is 9.03. The van der Waals surface area contributed by atoms with Crippen molar-refractivity contribution in [1.29, 1.82) is 0 Å². The van der Waals surface area contributed by atoms with Crippen molar-refractivity contribution in [2.75, 3.05) is 25.3 Å². The van der Waals surface area contributed by atoms with Crippen LogP contribution in [0.5, 0.6) is 0 Å². The Hall–Kier alpha value is -0.540. The number of anilines is 1. The molecule has 0 radical (unpaired) electrons. The Morgan fingerprint density at radius 2 is 2.38 bits per heavy atom. The van der Waals surface area contributed by atoms with E-state index in [1.165, 1.54) is 11.3 Å². The van der Waals surface area contributed by atoms with Gasteiger partial charge in [-0.1, -0.05) is 15.9 Å². The quantitative estimate of drug-likeness (QED) is 0.789. The van der Waals surface area contributed by atoms with Crippen LogP contribution in [0.1, 0.15) is 5.56 Å². The summed E-state index contributed by atoms with van der Waals surface area (Å²) in [6.07, 6.45) is 1.12. The summed E-state index contributed by atoms with van der Waals surface area (Å²) in [6, 6.07) is 6.41. The molecule has 1 aliphatic heterocycles. The van der Waals surface area contributed by atoms with Crippen LogP contribution in [0.15, 0.2) is 22.7 Å². The summed E-state index contributed by atoms with van der Waals surface area (Å²) in [6.45, 7) is 1.76. The van der Waals surface area contributed by atoms with Crippen molar-refractivity contribution in [3.63, 3.8) is 0 Å². The van der Waals surface area contributed by atoms with Crippen LogP contribution in [-0.4, -0.2) is 20.4 Å². The van der Waals surface area contributed by atoms with Gasteiger partial charge in [-0.05, 0) is 30.2 Å². The lowest BCUT2D eigenvalue weighted by Crippen LogP contribution is -2.22. The number of rotatable bonds is 2.